The average Bonchev–Trinajstić information content (AvgIpc) is 3.18. The summed E-state index contributed by atoms with van der Waals surface area (Å²) in [5.41, 5.74) is -0.709. The highest BCUT2D eigenvalue weighted by molar-refractivity contribution is 5.80. The lowest BCUT2D eigenvalue weighted by Gasteiger charge is -2.37. The number of piperazine rings is 1. The fourth-order valence-corrected chi connectivity index (χ4v) is 2.46. The third-order valence-corrected chi connectivity index (χ3v) is 4.37. The van der Waals surface area contributed by atoms with Crippen LogP contribution >= 0.6 is 0 Å². The number of hydrogen-bond acceptors (Lipinski definition) is 4. The van der Waals surface area contributed by atoms with Crippen LogP contribution in [-0.4, -0.2) is 79.8 Å². The topological polar surface area (TPSA) is 84.9 Å². The van der Waals surface area contributed by atoms with E-state index in [0.717, 1.165) is 19.6 Å². The summed E-state index contributed by atoms with van der Waals surface area (Å²) < 4.78 is 0. The van der Waals surface area contributed by atoms with E-state index in [1.165, 1.54) is 0 Å². The number of urea groups is 1. The maximum Gasteiger partial charge on any atom is 0.314 e. The van der Waals surface area contributed by atoms with Crippen molar-refractivity contribution in [1.29, 1.82) is 0 Å². The molecule has 0 aromatic heterocycles. The van der Waals surface area contributed by atoms with Crippen LogP contribution in [0.4, 0.5) is 4.79 Å². The normalized spacial score (nSPS) is 26.0. The van der Waals surface area contributed by atoms with Crippen LogP contribution in [-0.2, 0) is 4.79 Å². The summed E-state index contributed by atoms with van der Waals surface area (Å²) in [6.45, 7) is 3.75. The van der Waals surface area contributed by atoms with Gasteiger partial charge in [0.25, 0.3) is 0 Å². The predicted octanol–water partition coefficient (Wildman–Crippen LogP) is -0.604. The third kappa shape index (κ3) is 3.61. The van der Waals surface area contributed by atoms with E-state index >= 15 is 0 Å². The van der Waals surface area contributed by atoms with Gasteiger partial charge in [-0.25, -0.2) is 4.79 Å². The maximum absolute atomic E-state index is 11.7. The van der Waals surface area contributed by atoms with Gasteiger partial charge in [-0.3, -0.25) is 9.69 Å². The fourth-order valence-electron chi connectivity index (χ4n) is 2.46. The molecule has 1 unspecified atom stereocenters. The highest BCUT2D eigenvalue weighted by atomic mass is 16.4. The van der Waals surface area contributed by atoms with Gasteiger partial charge >= 0.3 is 12.0 Å². The number of rotatable bonds is 5. The van der Waals surface area contributed by atoms with Crippen LogP contribution in [0.5, 0.6) is 0 Å². The van der Waals surface area contributed by atoms with E-state index in [1.807, 2.05) is 0 Å². The molecule has 1 aliphatic carbocycles. The SMILES string of the molecule is CN1CCN(C)C(CNC(=O)NCC2(C(=O)O)CC2)C1. The molecule has 1 saturated heterocycles. The Bertz CT molecular complexity index is 384. The van der Waals surface area contributed by atoms with E-state index in [-0.39, 0.29) is 12.6 Å². The first-order valence-electron chi connectivity index (χ1n) is 7.07. The smallest absolute Gasteiger partial charge is 0.314 e. The van der Waals surface area contributed by atoms with Gasteiger partial charge in [0.1, 0.15) is 0 Å². The number of carboxylic acids is 1. The molecule has 2 amide bonds. The van der Waals surface area contributed by atoms with Gasteiger partial charge in [-0.05, 0) is 26.9 Å². The van der Waals surface area contributed by atoms with E-state index in [2.05, 4.69) is 34.5 Å². The summed E-state index contributed by atoms with van der Waals surface area (Å²) >= 11 is 0. The van der Waals surface area contributed by atoms with Crippen LogP contribution in [0.25, 0.3) is 0 Å². The molecule has 1 saturated carbocycles. The molecule has 20 heavy (non-hydrogen) atoms. The Morgan fingerprint density at radius 2 is 1.95 bits per heavy atom. The molecule has 1 heterocycles. The minimum atomic E-state index is -0.813. The molecule has 1 aliphatic heterocycles. The number of amides is 2. The summed E-state index contributed by atoms with van der Waals surface area (Å²) in [5, 5.41) is 14.5. The molecule has 0 aromatic rings. The van der Waals surface area contributed by atoms with Gasteiger partial charge in [-0.2, -0.15) is 0 Å². The van der Waals surface area contributed by atoms with Crippen molar-refractivity contribution in [1.82, 2.24) is 20.4 Å². The molecular weight excluding hydrogens is 260 g/mol. The van der Waals surface area contributed by atoms with Crippen molar-refractivity contribution in [3.63, 3.8) is 0 Å². The molecule has 7 nitrogen and oxygen atoms in total. The van der Waals surface area contributed by atoms with Gasteiger partial charge in [0.2, 0.25) is 0 Å². The number of carbonyl (C=O) groups is 2. The Morgan fingerprint density at radius 3 is 2.55 bits per heavy atom. The Balaban J connectivity index is 1.68. The molecule has 114 valence electrons. The maximum atomic E-state index is 11.7. The van der Waals surface area contributed by atoms with Crippen LogP contribution in [0.1, 0.15) is 12.8 Å². The largest absolute Gasteiger partial charge is 0.481 e. The van der Waals surface area contributed by atoms with Crippen molar-refractivity contribution >= 4 is 12.0 Å². The van der Waals surface area contributed by atoms with E-state index in [9.17, 15) is 9.59 Å². The number of carbonyl (C=O) groups excluding carboxylic acids is 1. The van der Waals surface area contributed by atoms with Gasteiger partial charge in [-0.1, -0.05) is 0 Å². The Kier molecular flexibility index (Phi) is 4.49. The van der Waals surface area contributed by atoms with E-state index in [1.54, 1.807) is 0 Å². The third-order valence-electron chi connectivity index (χ3n) is 4.37. The molecule has 2 fully saturated rings. The van der Waals surface area contributed by atoms with Crippen LogP contribution in [0.3, 0.4) is 0 Å². The number of likely N-dealkylation sites (N-methyl/N-ethyl adjacent to an activating group) is 2. The lowest BCUT2D eigenvalue weighted by molar-refractivity contribution is -0.143. The first-order chi connectivity index (χ1) is 9.43. The van der Waals surface area contributed by atoms with Gasteiger partial charge in [0.05, 0.1) is 5.41 Å². The van der Waals surface area contributed by atoms with Crippen LogP contribution in [0.2, 0.25) is 0 Å². The Hall–Kier alpha value is -1.34. The van der Waals surface area contributed by atoms with Gasteiger partial charge < -0.3 is 20.6 Å². The van der Waals surface area contributed by atoms with Crippen molar-refractivity contribution in [3.05, 3.63) is 0 Å². The fraction of sp³-hybridized carbons (Fsp3) is 0.846. The minimum absolute atomic E-state index is 0.217. The molecule has 2 aliphatic rings. The summed E-state index contributed by atoms with van der Waals surface area (Å²) in [4.78, 5) is 27.2. The zero-order valence-corrected chi connectivity index (χ0v) is 12.2. The van der Waals surface area contributed by atoms with Gasteiger partial charge in [0, 0.05) is 38.8 Å². The minimum Gasteiger partial charge on any atom is -0.481 e. The molecule has 0 radical (unpaired) electrons. The van der Waals surface area contributed by atoms with E-state index in [4.69, 9.17) is 5.11 Å². The van der Waals surface area contributed by atoms with Crippen LogP contribution < -0.4 is 10.6 Å². The molecule has 0 spiro atoms. The van der Waals surface area contributed by atoms with Gasteiger partial charge in [-0.15, -0.1) is 0 Å². The van der Waals surface area contributed by atoms with E-state index < -0.39 is 11.4 Å². The monoisotopic (exact) mass is 284 g/mol. The highest BCUT2D eigenvalue weighted by Gasteiger charge is 2.50. The first kappa shape index (κ1) is 15.1. The van der Waals surface area contributed by atoms with Crippen molar-refractivity contribution in [2.45, 2.75) is 18.9 Å². The Morgan fingerprint density at radius 1 is 1.25 bits per heavy atom. The number of hydrogen-bond donors (Lipinski definition) is 3. The summed E-state index contributed by atoms with van der Waals surface area (Å²) in [6, 6.07) is 0.0213. The van der Waals surface area contributed by atoms with Crippen LogP contribution in [0.15, 0.2) is 0 Å². The molecule has 1 atom stereocenters. The average molecular weight is 284 g/mol. The van der Waals surface area contributed by atoms with Crippen molar-refractivity contribution < 1.29 is 14.7 Å². The molecule has 2 rings (SSSR count). The number of nitrogens with zero attached hydrogens (tertiary/aromatic N) is 2. The molecule has 3 N–H and O–H groups in total. The molecule has 0 bridgehead atoms. The lowest BCUT2D eigenvalue weighted by Crippen LogP contribution is -2.55. The van der Waals surface area contributed by atoms with Crippen LogP contribution in [0, 0.1) is 5.41 Å². The molecular formula is C13H24N4O3. The zero-order valence-electron chi connectivity index (χ0n) is 12.2. The highest BCUT2D eigenvalue weighted by Crippen LogP contribution is 2.45. The number of carboxylic acid groups (broad SMARTS) is 1. The number of aliphatic carboxylic acids is 1. The first-order valence-corrected chi connectivity index (χ1v) is 7.07. The van der Waals surface area contributed by atoms with Crippen molar-refractivity contribution in [2.75, 3.05) is 46.8 Å². The zero-order chi connectivity index (χ0) is 14.8. The lowest BCUT2D eigenvalue weighted by atomic mass is 10.1. The quantitative estimate of drug-likeness (QED) is 0.627. The van der Waals surface area contributed by atoms with E-state index in [0.29, 0.717) is 25.4 Å². The summed E-state index contributed by atoms with van der Waals surface area (Å²) in [7, 11) is 4.13. The second-order valence-corrected chi connectivity index (χ2v) is 6.05. The standard InChI is InChI=1S/C13H24N4O3/c1-16-5-6-17(2)10(8-16)7-14-12(20)15-9-13(3-4-13)11(18)19/h10H,3-9H2,1-2H3,(H,18,19)(H2,14,15,20). The van der Waals surface area contributed by atoms with Crippen molar-refractivity contribution in [2.24, 2.45) is 5.41 Å². The molecule has 7 heteroatoms. The number of nitrogens with one attached hydrogen (secondary N) is 2. The molecule has 0 aromatic carbocycles. The predicted molar refractivity (Wildman–Crippen MR) is 74.6 cm³/mol. The Labute approximate surface area is 119 Å². The second-order valence-electron chi connectivity index (χ2n) is 6.05. The van der Waals surface area contributed by atoms with Gasteiger partial charge in [0.15, 0.2) is 0 Å². The summed E-state index contributed by atoms with van der Waals surface area (Å²) in [5.74, 6) is -0.813. The summed E-state index contributed by atoms with van der Waals surface area (Å²) in [6.07, 6.45) is 1.30. The van der Waals surface area contributed by atoms with Crippen molar-refractivity contribution in [3.8, 4) is 0 Å². The second kappa shape index (κ2) is 5.97.